The molecular weight excluding hydrogens is 374 g/mol. The third-order valence-corrected chi connectivity index (χ3v) is 6.92. The van der Waals surface area contributed by atoms with Gasteiger partial charge >= 0.3 is 0 Å². The number of sulfonamides is 1. The van der Waals surface area contributed by atoms with Crippen molar-refractivity contribution < 1.29 is 13.2 Å². The van der Waals surface area contributed by atoms with Gasteiger partial charge in [0, 0.05) is 24.5 Å². The van der Waals surface area contributed by atoms with Gasteiger partial charge in [-0.3, -0.25) is 4.79 Å². The molecule has 0 spiro atoms. The molecule has 7 heteroatoms. The SMILES string of the molecule is Cc1cccc(C)c1NC(=O)CNc1ccc(S(=O)(=O)N2CCCCC2)cc1. The highest BCUT2D eigenvalue weighted by Crippen LogP contribution is 2.22. The molecule has 1 saturated heterocycles. The van der Waals surface area contributed by atoms with E-state index < -0.39 is 10.0 Å². The van der Waals surface area contributed by atoms with Crippen LogP contribution in [0.4, 0.5) is 11.4 Å². The lowest BCUT2D eigenvalue weighted by Crippen LogP contribution is -2.35. The minimum Gasteiger partial charge on any atom is -0.376 e. The second kappa shape index (κ2) is 8.75. The van der Waals surface area contributed by atoms with Crippen LogP contribution in [-0.2, 0) is 14.8 Å². The molecule has 0 unspecified atom stereocenters. The van der Waals surface area contributed by atoms with Crippen LogP contribution in [0, 0.1) is 13.8 Å². The number of carbonyl (C=O) groups is 1. The molecule has 0 bridgehead atoms. The van der Waals surface area contributed by atoms with Gasteiger partial charge in [0.1, 0.15) is 0 Å². The smallest absolute Gasteiger partial charge is 0.243 e. The van der Waals surface area contributed by atoms with Crippen molar-refractivity contribution in [1.29, 1.82) is 0 Å². The van der Waals surface area contributed by atoms with Crippen LogP contribution in [0.3, 0.4) is 0 Å². The third kappa shape index (κ3) is 4.72. The van der Waals surface area contributed by atoms with Gasteiger partial charge < -0.3 is 10.6 Å². The molecule has 28 heavy (non-hydrogen) atoms. The van der Waals surface area contributed by atoms with Crippen LogP contribution in [0.2, 0.25) is 0 Å². The molecule has 0 aliphatic carbocycles. The maximum atomic E-state index is 12.7. The van der Waals surface area contributed by atoms with E-state index in [2.05, 4.69) is 10.6 Å². The molecule has 150 valence electrons. The van der Waals surface area contributed by atoms with Crippen molar-refractivity contribution >= 4 is 27.3 Å². The first kappa shape index (κ1) is 20.4. The summed E-state index contributed by atoms with van der Waals surface area (Å²) >= 11 is 0. The van der Waals surface area contributed by atoms with Crippen LogP contribution in [0.1, 0.15) is 30.4 Å². The van der Waals surface area contributed by atoms with Crippen LogP contribution < -0.4 is 10.6 Å². The topological polar surface area (TPSA) is 78.5 Å². The van der Waals surface area contributed by atoms with Crippen LogP contribution in [0.25, 0.3) is 0 Å². The molecule has 1 aliphatic rings. The summed E-state index contributed by atoms with van der Waals surface area (Å²) in [6, 6.07) is 12.4. The molecule has 1 aliphatic heterocycles. The fourth-order valence-corrected chi connectivity index (χ4v) is 4.89. The number of rotatable bonds is 6. The number of para-hydroxylation sites is 1. The molecule has 0 aromatic heterocycles. The van der Waals surface area contributed by atoms with Crippen LogP contribution in [0.5, 0.6) is 0 Å². The molecule has 2 aromatic carbocycles. The number of nitrogens with zero attached hydrogens (tertiary/aromatic N) is 1. The number of nitrogens with one attached hydrogen (secondary N) is 2. The molecule has 0 atom stereocenters. The second-order valence-corrected chi connectivity index (χ2v) is 9.10. The number of carbonyl (C=O) groups excluding carboxylic acids is 1. The molecule has 1 fully saturated rings. The fraction of sp³-hybridized carbons (Fsp3) is 0.381. The Kier molecular flexibility index (Phi) is 6.36. The lowest BCUT2D eigenvalue weighted by atomic mass is 10.1. The molecule has 0 radical (unpaired) electrons. The Labute approximate surface area is 167 Å². The van der Waals surface area contributed by atoms with E-state index in [1.807, 2.05) is 32.0 Å². The summed E-state index contributed by atoms with van der Waals surface area (Å²) in [4.78, 5) is 12.5. The Balaban J connectivity index is 1.59. The van der Waals surface area contributed by atoms with Crippen LogP contribution >= 0.6 is 0 Å². The summed E-state index contributed by atoms with van der Waals surface area (Å²) in [5.41, 5.74) is 3.56. The van der Waals surface area contributed by atoms with Gasteiger partial charge in [-0.05, 0) is 62.1 Å². The average molecular weight is 402 g/mol. The Hall–Kier alpha value is -2.38. The number of hydrogen-bond acceptors (Lipinski definition) is 4. The van der Waals surface area contributed by atoms with E-state index in [1.54, 1.807) is 28.6 Å². The highest BCUT2D eigenvalue weighted by atomic mass is 32.2. The first-order valence-electron chi connectivity index (χ1n) is 9.58. The number of amides is 1. The van der Waals surface area contributed by atoms with E-state index in [0.29, 0.717) is 23.7 Å². The number of aryl methyl sites for hydroxylation is 2. The third-order valence-electron chi connectivity index (χ3n) is 5.01. The minimum absolute atomic E-state index is 0.103. The number of piperidine rings is 1. The Morgan fingerprint density at radius 3 is 2.18 bits per heavy atom. The van der Waals surface area contributed by atoms with Crippen molar-refractivity contribution in [3.8, 4) is 0 Å². The normalized spacial score (nSPS) is 15.2. The van der Waals surface area contributed by atoms with Crippen molar-refractivity contribution in [2.45, 2.75) is 38.0 Å². The first-order chi connectivity index (χ1) is 13.4. The van der Waals surface area contributed by atoms with E-state index >= 15 is 0 Å². The van der Waals surface area contributed by atoms with Gasteiger partial charge in [0.15, 0.2) is 0 Å². The molecule has 1 amide bonds. The van der Waals surface area contributed by atoms with Gasteiger partial charge in [0.05, 0.1) is 11.4 Å². The molecule has 2 N–H and O–H groups in total. The number of hydrogen-bond donors (Lipinski definition) is 2. The zero-order chi connectivity index (χ0) is 20.1. The van der Waals surface area contributed by atoms with E-state index in [4.69, 9.17) is 0 Å². The number of anilines is 2. The standard InChI is InChI=1S/C21H27N3O3S/c1-16-7-6-8-17(2)21(16)23-20(25)15-22-18-9-11-19(12-10-18)28(26,27)24-13-4-3-5-14-24/h6-12,22H,3-5,13-15H2,1-2H3,(H,23,25). The summed E-state index contributed by atoms with van der Waals surface area (Å²) in [5.74, 6) is -0.151. The molecular formula is C21H27N3O3S. The Morgan fingerprint density at radius 1 is 0.964 bits per heavy atom. The van der Waals surface area contributed by atoms with Gasteiger partial charge in [-0.2, -0.15) is 4.31 Å². The second-order valence-electron chi connectivity index (χ2n) is 7.16. The van der Waals surface area contributed by atoms with Crippen molar-refractivity contribution in [1.82, 2.24) is 4.31 Å². The van der Waals surface area contributed by atoms with Crippen molar-refractivity contribution in [2.24, 2.45) is 0 Å². The molecule has 1 heterocycles. The van der Waals surface area contributed by atoms with E-state index in [0.717, 1.165) is 36.1 Å². The summed E-state index contributed by atoms with van der Waals surface area (Å²) < 4.78 is 26.9. The van der Waals surface area contributed by atoms with E-state index in [9.17, 15) is 13.2 Å². The molecule has 0 saturated carbocycles. The van der Waals surface area contributed by atoms with Crippen molar-refractivity contribution in [2.75, 3.05) is 30.3 Å². The first-order valence-corrected chi connectivity index (χ1v) is 11.0. The zero-order valence-electron chi connectivity index (χ0n) is 16.4. The fourth-order valence-electron chi connectivity index (χ4n) is 3.38. The van der Waals surface area contributed by atoms with E-state index in [-0.39, 0.29) is 12.5 Å². The van der Waals surface area contributed by atoms with Gasteiger partial charge in [0.25, 0.3) is 0 Å². The maximum Gasteiger partial charge on any atom is 0.243 e. The molecule has 6 nitrogen and oxygen atoms in total. The lowest BCUT2D eigenvalue weighted by molar-refractivity contribution is -0.114. The number of benzene rings is 2. The van der Waals surface area contributed by atoms with Crippen LogP contribution in [0.15, 0.2) is 47.4 Å². The lowest BCUT2D eigenvalue weighted by Gasteiger charge is -2.25. The predicted octanol–water partition coefficient (Wildman–Crippen LogP) is 3.53. The zero-order valence-corrected chi connectivity index (χ0v) is 17.2. The van der Waals surface area contributed by atoms with Gasteiger partial charge in [-0.15, -0.1) is 0 Å². The average Bonchev–Trinajstić information content (AvgIpc) is 2.70. The summed E-state index contributed by atoms with van der Waals surface area (Å²) in [7, 11) is -3.43. The molecule has 2 aromatic rings. The van der Waals surface area contributed by atoms with Crippen LogP contribution in [-0.4, -0.2) is 38.3 Å². The van der Waals surface area contributed by atoms with E-state index in [1.165, 1.54) is 0 Å². The van der Waals surface area contributed by atoms with Gasteiger partial charge in [-0.25, -0.2) is 8.42 Å². The molecule has 3 rings (SSSR count). The van der Waals surface area contributed by atoms with Gasteiger partial charge in [0.2, 0.25) is 15.9 Å². The van der Waals surface area contributed by atoms with Crippen molar-refractivity contribution in [3.05, 3.63) is 53.6 Å². The monoisotopic (exact) mass is 401 g/mol. The predicted molar refractivity (Wildman–Crippen MR) is 112 cm³/mol. The van der Waals surface area contributed by atoms with Gasteiger partial charge in [-0.1, -0.05) is 24.6 Å². The van der Waals surface area contributed by atoms with Crippen molar-refractivity contribution in [3.63, 3.8) is 0 Å². The Bertz CT molecular complexity index is 914. The highest BCUT2D eigenvalue weighted by molar-refractivity contribution is 7.89. The Morgan fingerprint density at radius 2 is 1.57 bits per heavy atom. The summed E-state index contributed by atoms with van der Waals surface area (Å²) in [5, 5.41) is 5.96. The largest absolute Gasteiger partial charge is 0.376 e. The summed E-state index contributed by atoms with van der Waals surface area (Å²) in [6.45, 7) is 5.18. The summed E-state index contributed by atoms with van der Waals surface area (Å²) in [6.07, 6.45) is 2.90. The highest BCUT2D eigenvalue weighted by Gasteiger charge is 2.25. The maximum absolute atomic E-state index is 12.7. The minimum atomic E-state index is -3.43. The quantitative estimate of drug-likeness (QED) is 0.776.